The van der Waals surface area contributed by atoms with Crippen LogP contribution in [0.5, 0.6) is 0 Å². The molecule has 7 heteroatoms. The van der Waals surface area contributed by atoms with Gasteiger partial charge < -0.3 is 10.6 Å². The van der Waals surface area contributed by atoms with Gasteiger partial charge in [0.25, 0.3) is 5.91 Å². The standard InChI is InChI=1S/C19H15N5OS/c1-20-19-21-11-10-14(23-19)15-7-8-16(26-15)18(25)24-17-9-6-12-4-2-3-5-13(12)22-17/h2-11H,1H3,(H,20,21,23)(H,22,24,25). The second kappa shape index (κ2) is 6.89. The highest BCUT2D eigenvalue weighted by atomic mass is 32.1. The molecule has 0 unspecified atom stereocenters. The Labute approximate surface area is 154 Å². The zero-order valence-electron chi connectivity index (χ0n) is 13.9. The summed E-state index contributed by atoms with van der Waals surface area (Å²) in [5.41, 5.74) is 1.62. The van der Waals surface area contributed by atoms with E-state index >= 15 is 0 Å². The van der Waals surface area contributed by atoms with Gasteiger partial charge in [0.05, 0.1) is 21.0 Å². The van der Waals surface area contributed by atoms with Gasteiger partial charge in [0.2, 0.25) is 5.95 Å². The summed E-state index contributed by atoms with van der Waals surface area (Å²) in [7, 11) is 1.77. The van der Waals surface area contributed by atoms with E-state index in [-0.39, 0.29) is 5.91 Å². The van der Waals surface area contributed by atoms with Crippen molar-refractivity contribution in [1.29, 1.82) is 0 Å². The zero-order chi connectivity index (χ0) is 17.9. The Morgan fingerprint density at radius 3 is 2.77 bits per heavy atom. The van der Waals surface area contributed by atoms with Gasteiger partial charge in [0, 0.05) is 18.6 Å². The maximum atomic E-state index is 12.5. The highest BCUT2D eigenvalue weighted by Gasteiger charge is 2.12. The van der Waals surface area contributed by atoms with E-state index in [1.807, 2.05) is 42.5 Å². The van der Waals surface area contributed by atoms with Crippen LogP contribution in [0.25, 0.3) is 21.5 Å². The molecule has 0 bridgehead atoms. The number of hydrogen-bond donors (Lipinski definition) is 2. The first-order valence-electron chi connectivity index (χ1n) is 8.01. The first-order valence-corrected chi connectivity index (χ1v) is 8.83. The fourth-order valence-electron chi connectivity index (χ4n) is 2.53. The number of fused-ring (bicyclic) bond motifs is 1. The predicted octanol–water partition coefficient (Wildman–Crippen LogP) is 4.05. The molecule has 128 valence electrons. The van der Waals surface area contributed by atoms with Crippen LogP contribution in [0.1, 0.15) is 9.67 Å². The quantitative estimate of drug-likeness (QED) is 0.573. The van der Waals surface area contributed by atoms with Crippen molar-refractivity contribution in [2.24, 2.45) is 0 Å². The summed E-state index contributed by atoms with van der Waals surface area (Å²) in [5.74, 6) is 0.886. The SMILES string of the molecule is CNc1nccc(-c2ccc(C(=O)Nc3ccc4ccccc4n3)s2)n1. The maximum Gasteiger partial charge on any atom is 0.266 e. The zero-order valence-corrected chi connectivity index (χ0v) is 14.7. The Morgan fingerprint density at radius 1 is 1.00 bits per heavy atom. The number of hydrogen-bond acceptors (Lipinski definition) is 6. The molecule has 0 atom stereocenters. The second-order valence-corrected chi connectivity index (χ2v) is 6.61. The number of para-hydroxylation sites is 1. The number of amides is 1. The normalized spacial score (nSPS) is 10.7. The van der Waals surface area contributed by atoms with Gasteiger partial charge in [-0.15, -0.1) is 11.3 Å². The molecule has 1 amide bonds. The summed E-state index contributed by atoms with van der Waals surface area (Å²) in [4.78, 5) is 27.0. The minimum atomic E-state index is -0.188. The van der Waals surface area contributed by atoms with Gasteiger partial charge in [-0.1, -0.05) is 18.2 Å². The van der Waals surface area contributed by atoms with Crippen molar-refractivity contribution in [1.82, 2.24) is 15.0 Å². The van der Waals surface area contributed by atoms with Crippen LogP contribution in [0, 0.1) is 0 Å². The van der Waals surface area contributed by atoms with Crippen LogP contribution in [0.15, 0.2) is 60.8 Å². The highest BCUT2D eigenvalue weighted by molar-refractivity contribution is 7.17. The Kier molecular flexibility index (Phi) is 4.28. The summed E-state index contributed by atoms with van der Waals surface area (Å²) < 4.78 is 0. The number of rotatable bonds is 4. The van der Waals surface area contributed by atoms with Crippen molar-refractivity contribution in [3.05, 3.63) is 65.7 Å². The molecule has 0 saturated carbocycles. The Hall–Kier alpha value is -3.32. The van der Waals surface area contributed by atoms with E-state index in [4.69, 9.17) is 0 Å². The molecule has 0 radical (unpaired) electrons. The smallest absolute Gasteiger partial charge is 0.266 e. The van der Waals surface area contributed by atoms with Gasteiger partial charge in [0.15, 0.2) is 0 Å². The van der Waals surface area contributed by atoms with Gasteiger partial charge in [-0.3, -0.25) is 4.79 Å². The van der Waals surface area contributed by atoms with E-state index in [9.17, 15) is 4.79 Å². The number of carbonyl (C=O) groups excluding carboxylic acids is 1. The third-order valence-electron chi connectivity index (χ3n) is 3.80. The molecule has 0 aliphatic rings. The van der Waals surface area contributed by atoms with Crippen molar-refractivity contribution in [2.75, 3.05) is 17.7 Å². The molecule has 0 aliphatic heterocycles. The second-order valence-electron chi connectivity index (χ2n) is 5.52. The van der Waals surface area contributed by atoms with Gasteiger partial charge >= 0.3 is 0 Å². The van der Waals surface area contributed by atoms with Crippen LogP contribution < -0.4 is 10.6 Å². The molecule has 4 aromatic rings. The molecule has 0 saturated heterocycles. The first kappa shape index (κ1) is 16.2. The Balaban J connectivity index is 1.55. The minimum Gasteiger partial charge on any atom is -0.357 e. The summed E-state index contributed by atoms with van der Waals surface area (Å²) >= 11 is 1.38. The Morgan fingerprint density at radius 2 is 1.88 bits per heavy atom. The average Bonchev–Trinajstić information content (AvgIpc) is 3.18. The number of benzene rings is 1. The van der Waals surface area contributed by atoms with E-state index in [0.717, 1.165) is 21.5 Å². The molecular weight excluding hydrogens is 346 g/mol. The van der Waals surface area contributed by atoms with Crippen LogP contribution in [0.2, 0.25) is 0 Å². The van der Waals surface area contributed by atoms with E-state index in [2.05, 4.69) is 25.6 Å². The number of aromatic nitrogens is 3. The lowest BCUT2D eigenvalue weighted by atomic mass is 10.2. The van der Waals surface area contributed by atoms with E-state index in [1.54, 1.807) is 25.4 Å². The molecule has 3 aromatic heterocycles. The van der Waals surface area contributed by atoms with Crippen LogP contribution in [-0.4, -0.2) is 27.9 Å². The fourth-order valence-corrected chi connectivity index (χ4v) is 3.40. The minimum absolute atomic E-state index is 0.188. The average molecular weight is 361 g/mol. The summed E-state index contributed by atoms with van der Waals surface area (Å²) in [6, 6.07) is 17.0. The molecule has 0 fully saturated rings. The monoisotopic (exact) mass is 361 g/mol. The molecule has 1 aromatic carbocycles. The van der Waals surface area contributed by atoms with Crippen LogP contribution >= 0.6 is 11.3 Å². The number of thiophene rings is 1. The number of nitrogens with zero attached hydrogens (tertiary/aromatic N) is 3. The summed E-state index contributed by atoms with van der Waals surface area (Å²) in [5, 5.41) is 6.80. The summed E-state index contributed by atoms with van der Waals surface area (Å²) in [6.45, 7) is 0. The topological polar surface area (TPSA) is 79.8 Å². The number of carbonyl (C=O) groups is 1. The predicted molar refractivity (Wildman–Crippen MR) is 105 cm³/mol. The molecule has 26 heavy (non-hydrogen) atoms. The van der Waals surface area contributed by atoms with Crippen molar-refractivity contribution in [3.63, 3.8) is 0 Å². The lowest BCUT2D eigenvalue weighted by Crippen LogP contribution is -2.11. The summed E-state index contributed by atoms with van der Waals surface area (Å²) in [6.07, 6.45) is 1.69. The largest absolute Gasteiger partial charge is 0.357 e. The molecule has 6 nitrogen and oxygen atoms in total. The van der Waals surface area contributed by atoms with E-state index in [1.165, 1.54) is 11.3 Å². The molecule has 2 N–H and O–H groups in total. The molecule has 0 aliphatic carbocycles. The third kappa shape index (κ3) is 3.25. The lowest BCUT2D eigenvalue weighted by molar-refractivity contribution is 0.103. The van der Waals surface area contributed by atoms with Crippen molar-refractivity contribution in [3.8, 4) is 10.6 Å². The van der Waals surface area contributed by atoms with Crippen LogP contribution in [-0.2, 0) is 0 Å². The maximum absolute atomic E-state index is 12.5. The molecule has 3 heterocycles. The molecule has 4 rings (SSSR count). The van der Waals surface area contributed by atoms with Crippen LogP contribution in [0.3, 0.4) is 0 Å². The number of anilines is 2. The van der Waals surface area contributed by atoms with Gasteiger partial charge in [-0.25, -0.2) is 15.0 Å². The van der Waals surface area contributed by atoms with Crippen molar-refractivity contribution in [2.45, 2.75) is 0 Å². The lowest BCUT2D eigenvalue weighted by Gasteiger charge is -2.04. The Bertz CT molecular complexity index is 1090. The first-order chi connectivity index (χ1) is 12.7. The van der Waals surface area contributed by atoms with Crippen molar-refractivity contribution < 1.29 is 4.79 Å². The van der Waals surface area contributed by atoms with Crippen LogP contribution in [0.4, 0.5) is 11.8 Å². The van der Waals surface area contributed by atoms with E-state index < -0.39 is 0 Å². The third-order valence-corrected chi connectivity index (χ3v) is 4.91. The highest BCUT2D eigenvalue weighted by Crippen LogP contribution is 2.27. The fraction of sp³-hybridized carbons (Fsp3) is 0.0526. The molecule has 0 spiro atoms. The van der Waals surface area contributed by atoms with E-state index in [0.29, 0.717) is 16.6 Å². The van der Waals surface area contributed by atoms with Crippen molar-refractivity contribution >= 4 is 39.9 Å². The van der Waals surface area contributed by atoms with Gasteiger partial charge in [-0.2, -0.15) is 0 Å². The molecular formula is C19H15N5OS. The van der Waals surface area contributed by atoms with Gasteiger partial charge in [0.1, 0.15) is 5.82 Å². The number of pyridine rings is 1. The number of nitrogens with one attached hydrogen (secondary N) is 2. The van der Waals surface area contributed by atoms with Gasteiger partial charge in [-0.05, 0) is 36.4 Å².